The van der Waals surface area contributed by atoms with Crippen LogP contribution in [-0.2, 0) is 0 Å². The fraction of sp³-hybridized carbons (Fsp3) is 0.400. The Hall–Kier alpha value is -1.86. The minimum absolute atomic E-state index is 0.0261. The second-order valence-electron chi connectivity index (χ2n) is 4.03. The van der Waals surface area contributed by atoms with Crippen LogP contribution in [0.1, 0.15) is 6.92 Å². The van der Waals surface area contributed by atoms with Gasteiger partial charge in [-0.3, -0.25) is 10.1 Å². The van der Waals surface area contributed by atoms with Crippen LogP contribution in [0.15, 0.2) is 18.2 Å². The predicted molar refractivity (Wildman–Crippen MR) is 63.7 cm³/mol. The van der Waals surface area contributed by atoms with Crippen LogP contribution in [-0.4, -0.2) is 33.9 Å². The van der Waals surface area contributed by atoms with Crippen molar-refractivity contribution in [3.8, 4) is 0 Å². The van der Waals surface area contributed by atoms with Crippen molar-refractivity contribution >= 4 is 17.1 Å². The summed E-state index contributed by atoms with van der Waals surface area (Å²) in [5.74, 6) is 0. The number of nitrogens with zero attached hydrogens (tertiary/aromatic N) is 1. The third kappa shape index (κ3) is 3.05. The molecule has 94 valence electrons. The van der Waals surface area contributed by atoms with Gasteiger partial charge in [0.1, 0.15) is 5.69 Å². The summed E-state index contributed by atoms with van der Waals surface area (Å²) in [4.78, 5) is 9.98. The molecule has 0 fully saturated rings. The Morgan fingerprint density at radius 3 is 2.47 bits per heavy atom. The lowest BCUT2D eigenvalue weighted by molar-refractivity contribution is -0.383. The predicted octanol–water partition coefficient (Wildman–Crippen LogP) is 0.332. The maximum absolute atomic E-state index is 10.6. The van der Waals surface area contributed by atoms with Crippen molar-refractivity contribution in [1.82, 2.24) is 0 Å². The fourth-order valence-corrected chi connectivity index (χ4v) is 1.28. The van der Waals surface area contributed by atoms with E-state index < -0.39 is 10.5 Å². The Kier molecular flexibility index (Phi) is 3.87. The van der Waals surface area contributed by atoms with E-state index in [2.05, 4.69) is 5.32 Å². The Labute approximate surface area is 98.0 Å². The zero-order chi connectivity index (χ0) is 13.1. The Morgan fingerprint density at radius 1 is 1.47 bits per heavy atom. The summed E-state index contributed by atoms with van der Waals surface area (Å²) in [6, 6.07) is 4.13. The molecular weight excluding hydrogens is 226 g/mol. The molecule has 0 aliphatic carbocycles. The molecule has 0 radical (unpaired) electrons. The number of anilines is 2. The van der Waals surface area contributed by atoms with Crippen molar-refractivity contribution in [2.24, 2.45) is 0 Å². The van der Waals surface area contributed by atoms with Crippen molar-refractivity contribution in [2.45, 2.75) is 12.5 Å². The number of aliphatic hydroxyl groups is 2. The maximum Gasteiger partial charge on any atom is 0.292 e. The SMILES string of the molecule is CC(CO)(CO)Nc1ccc([N+](=O)[O-])c(N)c1. The molecule has 0 atom stereocenters. The standard InChI is InChI=1S/C10H15N3O4/c1-10(5-14,6-15)12-7-2-3-9(13(16)17)8(11)4-7/h2-4,12,14-15H,5-6,11H2,1H3. The van der Waals surface area contributed by atoms with Crippen LogP contribution in [0.4, 0.5) is 17.1 Å². The van der Waals surface area contributed by atoms with E-state index in [9.17, 15) is 10.1 Å². The van der Waals surface area contributed by atoms with Crippen LogP contribution in [0.2, 0.25) is 0 Å². The number of nitro benzene ring substituents is 1. The first-order valence-corrected chi connectivity index (χ1v) is 4.96. The first-order valence-electron chi connectivity index (χ1n) is 4.96. The van der Waals surface area contributed by atoms with E-state index in [4.69, 9.17) is 15.9 Å². The quantitative estimate of drug-likeness (QED) is 0.335. The minimum atomic E-state index is -0.900. The van der Waals surface area contributed by atoms with E-state index in [1.54, 1.807) is 6.92 Å². The van der Waals surface area contributed by atoms with Crippen molar-refractivity contribution in [1.29, 1.82) is 0 Å². The summed E-state index contributed by atoms with van der Waals surface area (Å²) in [6.07, 6.45) is 0. The van der Waals surface area contributed by atoms with Crippen molar-refractivity contribution < 1.29 is 15.1 Å². The Bertz CT molecular complexity index is 418. The zero-order valence-electron chi connectivity index (χ0n) is 9.38. The number of nitro groups is 1. The molecule has 0 aliphatic rings. The summed E-state index contributed by atoms with van der Waals surface area (Å²) >= 11 is 0. The number of nitrogens with one attached hydrogen (secondary N) is 1. The lowest BCUT2D eigenvalue weighted by atomic mass is 10.0. The molecule has 0 bridgehead atoms. The van der Waals surface area contributed by atoms with Gasteiger partial charge in [-0.2, -0.15) is 0 Å². The molecule has 0 spiro atoms. The van der Waals surface area contributed by atoms with E-state index in [0.717, 1.165) is 0 Å². The smallest absolute Gasteiger partial charge is 0.292 e. The highest BCUT2D eigenvalue weighted by Crippen LogP contribution is 2.26. The number of nitrogens with two attached hydrogens (primary N) is 1. The summed E-state index contributed by atoms with van der Waals surface area (Å²) in [5.41, 5.74) is 4.97. The van der Waals surface area contributed by atoms with Gasteiger partial charge in [0.25, 0.3) is 5.69 Å². The van der Waals surface area contributed by atoms with Gasteiger partial charge in [0, 0.05) is 11.8 Å². The van der Waals surface area contributed by atoms with Gasteiger partial charge in [0.2, 0.25) is 0 Å². The molecule has 17 heavy (non-hydrogen) atoms. The van der Waals surface area contributed by atoms with Gasteiger partial charge in [-0.25, -0.2) is 0 Å². The average Bonchev–Trinajstić information content (AvgIpc) is 2.28. The second kappa shape index (κ2) is 4.98. The number of hydrogen-bond acceptors (Lipinski definition) is 6. The van der Waals surface area contributed by atoms with Crippen molar-refractivity contribution in [3.05, 3.63) is 28.3 Å². The number of hydrogen-bond donors (Lipinski definition) is 4. The third-order valence-corrected chi connectivity index (χ3v) is 2.37. The molecular formula is C10H15N3O4. The van der Waals surface area contributed by atoms with Gasteiger partial charge in [0.15, 0.2) is 0 Å². The van der Waals surface area contributed by atoms with Gasteiger partial charge in [0.05, 0.1) is 23.7 Å². The summed E-state index contributed by atoms with van der Waals surface area (Å²) in [5, 5.41) is 31.6. The van der Waals surface area contributed by atoms with Crippen LogP contribution in [0.5, 0.6) is 0 Å². The van der Waals surface area contributed by atoms with Crippen LogP contribution in [0.3, 0.4) is 0 Å². The van der Waals surface area contributed by atoms with Crippen molar-refractivity contribution in [3.63, 3.8) is 0 Å². The van der Waals surface area contributed by atoms with Gasteiger partial charge in [-0.15, -0.1) is 0 Å². The number of benzene rings is 1. The van der Waals surface area contributed by atoms with Gasteiger partial charge in [-0.1, -0.05) is 0 Å². The maximum atomic E-state index is 10.6. The van der Waals surface area contributed by atoms with E-state index in [-0.39, 0.29) is 24.6 Å². The minimum Gasteiger partial charge on any atom is -0.394 e. The van der Waals surface area contributed by atoms with Gasteiger partial charge < -0.3 is 21.3 Å². The van der Waals surface area contributed by atoms with Crippen molar-refractivity contribution in [2.75, 3.05) is 24.3 Å². The molecule has 5 N–H and O–H groups in total. The number of nitrogen functional groups attached to an aromatic ring is 1. The molecule has 7 heteroatoms. The molecule has 0 amide bonds. The van der Waals surface area contributed by atoms with Crippen LogP contribution >= 0.6 is 0 Å². The van der Waals surface area contributed by atoms with Crippen LogP contribution in [0.25, 0.3) is 0 Å². The van der Waals surface area contributed by atoms with Crippen LogP contribution in [0, 0.1) is 10.1 Å². The lowest BCUT2D eigenvalue weighted by Crippen LogP contribution is -2.42. The summed E-state index contributed by atoms with van der Waals surface area (Å²) in [7, 11) is 0. The molecule has 0 aliphatic heterocycles. The topological polar surface area (TPSA) is 122 Å². The Balaban J connectivity index is 2.95. The van der Waals surface area contributed by atoms with E-state index in [1.165, 1.54) is 18.2 Å². The highest BCUT2D eigenvalue weighted by atomic mass is 16.6. The largest absolute Gasteiger partial charge is 0.394 e. The fourth-order valence-electron chi connectivity index (χ4n) is 1.28. The molecule has 0 unspecified atom stereocenters. The van der Waals surface area contributed by atoms with E-state index in [1.807, 2.05) is 0 Å². The number of rotatable bonds is 5. The molecule has 1 rings (SSSR count). The number of aliphatic hydroxyl groups excluding tert-OH is 2. The van der Waals surface area contributed by atoms with E-state index >= 15 is 0 Å². The molecule has 7 nitrogen and oxygen atoms in total. The summed E-state index contributed by atoms with van der Waals surface area (Å²) < 4.78 is 0. The summed E-state index contributed by atoms with van der Waals surface area (Å²) in [6.45, 7) is 1.06. The molecule has 1 aromatic carbocycles. The monoisotopic (exact) mass is 241 g/mol. The highest BCUT2D eigenvalue weighted by Gasteiger charge is 2.22. The normalized spacial score (nSPS) is 11.2. The first-order chi connectivity index (χ1) is 7.91. The van der Waals surface area contributed by atoms with Gasteiger partial charge in [-0.05, 0) is 19.1 Å². The molecule has 0 saturated heterocycles. The van der Waals surface area contributed by atoms with Crippen LogP contribution < -0.4 is 11.1 Å². The third-order valence-electron chi connectivity index (χ3n) is 2.37. The Morgan fingerprint density at radius 2 is 2.06 bits per heavy atom. The molecule has 1 aromatic rings. The van der Waals surface area contributed by atoms with E-state index in [0.29, 0.717) is 5.69 Å². The lowest BCUT2D eigenvalue weighted by Gasteiger charge is -2.27. The first kappa shape index (κ1) is 13.2. The average molecular weight is 241 g/mol. The molecule has 0 saturated carbocycles. The zero-order valence-corrected chi connectivity index (χ0v) is 9.38. The second-order valence-corrected chi connectivity index (χ2v) is 4.03. The highest BCUT2D eigenvalue weighted by molar-refractivity contribution is 5.66. The van der Waals surface area contributed by atoms with Gasteiger partial charge >= 0.3 is 0 Å². The molecule has 0 aromatic heterocycles. The molecule has 0 heterocycles.